The standard InChI is InChI=1S/C8H5F4NO2/c9-5-2-3(13)1-4(7(14)15)6(5)8(10,11)12/h1-2H,13H2,(H,14,15). The average Bonchev–Trinajstić information content (AvgIpc) is 1.99. The number of halogens is 4. The minimum absolute atomic E-state index is 0.377. The number of anilines is 1. The molecular weight excluding hydrogens is 218 g/mol. The average molecular weight is 223 g/mol. The highest BCUT2D eigenvalue weighted by atomic mass is 19.4. The summed E-state index contributed by atoms with van der Waals surface area (Å²) in [6.45, 7) is 0. The Labute approximate surface area is 81.1 Å². The Bertz CT molecular complexity index is 414. The zero-order valence-corrected chi connectivity index (χ0v) is 7.10. The molecule has 1 rings (SSSR count). The van der Waals surface area contributed by atoms with Gasteiger partial charge >= 0.3 is 12.1 Å². The van der Waals surface area contributed by atoms with Gasteiger partial charge in [0.15, 0.2) is 0 Å². The summed E-state index contributed by atoms with van der Waals surface area (Å²) in [6, 6.07) is 0.990. The highest BCUT2D eigenvalue weighted by Gasteiger charge is 2.38. The molecule has 3 N–H and O–H groups in total. The van der Waals surface area contributed by atoms with Crippen LogP contribution in [0.2, 0.25) is 0 Å². The molecule has 15 heavy (non-hydrogen) atoms. The first-order chi connectivity index (χ1) is 6.73. The van der Waals surface area contributed by atoms with E-state index in [-0.39, 0.29) is 5.69 Å². The summed E-state index contributed by atoms with van der Waals surface area (Å²) < 4.78 is 49.7. The van der Waals surface area contributed by atoms with Crippen LogP contribution < -0.4 is 5.73 Å². The maximum Gasteiger partial charge on any atom is 0.420 e. The molecule has 0 aliphatic heterocycles. The summed E-state index contributed by atoms with van der Waals surface area (Å²) >= 11 is 0. The van der Waals surface area contributed by atoms with Gasteiger partial charge in [-0.2, -0.15) is 13.2 Å². The zero-order chi connectivity index (χ0) is 11.8. The fourth-order valence-corrected chi connectivity index (χ4v) is 1.08. The predicted octanol–water partition coefficient (Wildman–Crippen LogP) is 2.12. The van der Waals surface area contributed by atoms with E-state index in [0.717, 1.165) is 0 Å². The summed E-state index contributed by atoms with van der Waals surface area (Å²) in [7, 11) is 0. The smallest absolute Gasteiger partial charge is 0.420 e. The quantitative estimate of drug-likeness (QED) is 0.566. The number of carboxylic acid groups (broad SMARTS) is 1. The van der Waals surface area contributed by atoms with E-state index in [1.165, 1.54) is 0 Å². The number of hydrogen-bond donors (Lipinski definition) is 2. The number of carbonyl (C=O) groups is 1. The Kier molecular flexibility index (Phi) is 2.57. The van der Waals surface area contributed by atoms with Gasteiger partial charge in [0.05, 0.1) is 5.56 Å². The maximum atomic E-state index is 12.9. The molecule has 7 heteroatoms. The van der Waals surface area contributed by atoms with Gasteiger partial charge in [-0.1, -0.05) is 0 Å². The van der Waals surface area contributed by atoms with E-state index >= 15 is 0 Å². The Balaban J connectivity index is 3.55. The van der Waals surface area contributed by atoms with Gasteiger partial charge in [0, 0.05) is 5.69 Å². The molecule has 0 aliphatic rings. The molecule has 82 valence electrons. The molecule has 1 aromatic carbocycles. The number of hydrogen-bond acceptors (Lipinski definition) is 2. The van der Waals surface area contributed by atoms with Crippen molar-refractivity contribution in [2.75, 3.05) is 5.73 Å². The first-order valence-corrected chi connectivity index (χ1v) is 3.63. The van der Waals surface area contributed by atoms with Gasteiger partial charge in [-0.25, -0.2) is 9.18 Å². The molecule has 0 saturated carbocycles. The molecule has 0 bridgehead atoms. The summed E-state index contributed by atoms with van der Waals surface area (Å²) in [6.07, 6.45) is -5.06. The number of nitrogens with two attached hydrogens (primary N) is 1. The van der Waals surface area contributed by atoms with Crippen LogP contribution in [-0.4, -0.2) is 11.1 Å². The summed E-state index contributed by atoms with van der Waals surface area (Å²) in [5.74, 6) is -3.58. The van der Waals surface area contributed by atoms with Crippen LogP contribution in [0.1, 0.15) is 15.9 Å². The molecule has 0 aliphatic carbocycles. The van der Waals surface area contributed by atoms with Crippen molar-refractivity contribution >= 4 is 11.7 Å². The summed E-state index contributed by atoms with van der Waals surface area (Å²) in [4.78, 5) is 10.5. The number of nitrogen functional groups attached to an aromatic ring is 1. The Morgan fingerprint density at radius 2 is 1.87 bits per heavy atom. The molecule has 0 saturated heterocycles. The topological polar surface area (TPSA) is 63.3 Å². The highest BCUT2D eigenvalue weighted by molar-refractivity contribution is 5.90. The number of rotatable bonds is 1. The number of benzene rings is 1. The van der Waals surface area contributed by atoms with E-state index in [4.69, 9.17) is 10.8 Å². The fraction of sp³-hybridized carbons (Fsp3) is 0.125. The van der Waals surface area contributed by atoms with Gasteiger partial charge in [-0.05, 0) is 12.1 Å². The monoisotopic (exact) mass is 223 g/mol. The van der Waals surface area contributed by atoms with Crippen molar-refractivity contribution < 1.29 is 27.5 Å². The Hall–Kier alpha value is -1.79. The summed E-state index contributed by atoms with van der Waals surface area (Å²) in [5, 5.41) is 8.46. The Morgan fingerprint density at radius 1 is 1.33 bits per heavy atom. The number of alkyl halides is 3. The SMILES string of the molecule is Nc1cc(F)c(C(F)(F)F)c(C(=O)O)c1. The Morgan fingerprint density at radius 3 is 2.27 bits per heavy atom. The van der Waals surface area contributed by atoms with E-state index < -0.39 is 29.1 Å². The molecule has 0 radical (unpaired) electrons. The van der Waals surface area contributed by atoms with E-state index in [2.05, 4.69) is 0 Å². The van der Waals surface area contributed by atoms with Crippen molar-refractivity contribution in [2.24, 2.45) is 0 Å². The summed E-state index contributed by atoms with van der Waals surface area (Å²) in [5.41, 5.74) is 1.65. The predicted molar refractivity (Wildman–Crippen MR) is 42.8 cm³/mol. The molecular formula is C8H5F4NO2. The number of carboxylic acids is 1. The van der Waals surface area contributed by atoms with Gasteiger partial charge < -0.3 is 10.8 Å². The third-order valence-corrected chi connectivity index (χ3v) is 1.63. The molecule has 0 fully saturated rings. The van der Waals surface area contributed by atoms with Crippen molar-refractivity contribution in [3.63, 3.8) is 0 Å². The minimum Gasteiger partial charge on any atom is -0.478 e. The van der Waals surface area contributed by atoms with E-state index in [0.29, 0.717) is 12.1 Å². The van der Waals surface area contributed by atoms with E-state index in [1.54, 1.807) is 0 Å². The van der Waals surface area contributed by atoms with Crippen molar-refractivity contribution in [2.45, 2.75) is 6.18 Å². The molecule has 0 amide bonds. The largest absolute Gasteiger partial charge is 0.478 e. The molecule has 3 nitrogen and oxygen atoms in total. The van der Waals surface area contributed by atoms with Crippen LogP contribution in [0, 0.1) is 5.82 Å². The lowest BCUT2D eigenvalue weighted by Gasteiger charge is -2.11. The first-order valence-electron chi connectivity index (χ1n) is 3.63. The first kappa shape index (κ1) is 11.3. The second kappa shape index (κ2) is 3.41. The van der Waals surface area contributed by atoms with Crippen LogP contribution in [0.5, 0.6) is 0 Å². The van der Waals surface area contributed by atoms with E-state index in [9.17, 15) is 22.4 Å². The molecule has 1 aromatic rings. The lowest BCUT2D eigenvalue weighted by Crippen LogP contribution is -2.16. The molecule has 0 unspecified atom stereocenters. The van der Waals surface area contributed by atoms with Crippen LogP contribution in [0.25, 0.3) is 0 Å². The van der Waals surface area contributed by atoms with Crippen LogP contribution in [-0.2, 0) is 6.18 Å². The number of aromatic carboxylic acids is 1. The van der Waals surface area contributed by atoms with Crippen LogP contribution in [0.4, 0.5) is 23.2 Å². The maximum absolute atomic E-state index is 12.9. The minimum atomic E-state index is -5.06. The zero-order valence-electron chi connectivity index (χ0n) is 7.10. The lowest BCUT2D eigenvalue weighted by atomic mass is 10.1. The van der Waals surface area contributed by atoms with Gasteiger partial charge in [0.25, 0.3) is 0 Å². The van der Waals surface area contributed by atoms with Crippen LogP contribution in [0.3, 0.4) is 0 Å². The van der Waals surface area contributed by atoms with Gasteiger partial charge in [0.2, 0.25) is 0 Å². The van der Waals surface area contributed by atoms with Crippen molar-refractivity contribution in [1.29, 1.82) is 0 Å². The van der Waals surface area contributed by atoms with Crippen molar-refractivity contribution in [3.8, 4) is 0 Å². The highest BCUT2D eigenvalue weighted by Crippen LogP contribution is 2.35. The third kappa shape index (κ3) is 2.17. The lowest BCUT2D eigenvalue weighted by molar-refractivity contribution is -0.140. The van der Waals surface area contributed by atoms with Crippen molar-refractivity contribution in [3.05, 3.63) is 29.1 Å². The third-order valence-electron chi connectivity index (χ3n) is 1.63. The van der Waals surface area contributed by atoms with Gasteiger partial charge in [0.1, 0.15) is 11.4 Å². The van der Waals surface area contributed by atoms with E-state index in [1.807, 2.05) is 0 Å². The second-order valence-corrected chi connectivity index (χ2v) is 2.73. The molecule has 0 atom stereocenters. The van der Waals surface area contributed by atoms with Gasteiger partial charge in [-0.15, -0.1) is 0 Å². The van der Waals surface area contributed by atoms with Gasteiger partial charge in [-0.3, -0.25) is 0 Å². The van der Waals surface area contributed by atoms with Crippen LogP contribution >= 0.6 is 0 Å². The fourth-order valence-electron chi connectivity index (χ4n) is 1.08. The van der Waals surface area contributed by atoms with Crippen LogP contribution in [0.15, 0.2) is 12.1 Å². The molecule has 0 aromatic heterocycles. The molecule has 0 heterocycles. The second-order valence-electron chi connectivity index (χ2n) is 2.73. The van der Waals surface area contributed by atoms with Crippen molar-refractivity contribution in [1.82, 2.24) is 0 Å². The normalized spacial score (nSPS) is 11.5. The molecule has 0 spiro atoms.